The molecule has 27 heavy (non-hydrogen) atoms. The minimum atomic E-state index is -0.338. The molecule has 0 aliphatic carbocycles. The number of anilines is 1. The first-order valence-corrected chi connectivity index (χ1v) is 9.64. The molecule has 0 fully saturated rings. The van der Waals surface area contributed by atoms with Crippen LogP contribution in [0.5, 0.6) is 0 Å². The van der Waals surface area contributed by atoms with E-state index in [1.807, 2.05) is 6.07 Å². The summed E-state index contributed by atoms with van der Waals surface area (Å²) in [6.07, 6.45) is 0. The average molecular weight is 385 g/mol. The number of nitrogens with one attached hydrogen (secondary N) is 2. The van der Waals surface area contributed by atoms with Crippen LogP contribution in [0, 0.1) is 19.8 Å². The number of benzene rings is 2. The number of thiocarbonyl (C=S) groups is 1. The van der Waals surface area contributed by atoms with Crippen LogP contribution in [0.25, 0.3) is 0 Å². The molecular formula is C22H28N2O2S. The van der Waals surface area contributed by atoms with Gasteiger partial charge in [0.1, 0.15) is 0 Å². The van der Waals surface area contributed by atoms with Crippen molar-refractivity contribution in [2.24, 2.45) is 5.92 Å². The van der Waals surface area contributed by atoms with Gasteiger partial charge in [0.15, 0.2) is 5.11 Å². The van der Waals surface area contributed by atoms with Crippen molar-refractivity contribution >= 4 is 29.0 Å². The van der Waals surface area contributed by atoms with E-state index in [4.69, 9.17) is 17.0 Å². The van der Waals surface area contributed by atoms with Gasteiger partial charge in [-0.15, -0.1) is 0 Å². The molecule has 0 unspecified atom stereocenters. The highest BCUT2D eigenvalue weighted by Crippen LogP contribution is 2.25. The monoisotopic (exact) mass is 384 g/mol. The standard InChI is InChI=1S/C22H28N2O2S/c1-6-26-21(25)17-8-7-9-18(13-17)23-22(27)24-20(14(2)3)19-11-10-15(4)12-16(19)5/h7-14,20H,6H2,1-5H3,(H2,23,24,27)/t20-/m0/s1. The van der Waals surface area contributed by atoms with Crippen molar-refractivity contribution in [1.29, 1.82) is 0 Å². The second-order valence-corrected chi connectivity index (χ2v) is 7.39. The fraction of sp³-hybridized carbons (Fsp3) is 0.364. The number of carbonyl (C=O) groups is 1. The molecule has 0 spiro atoms. The molecule has 0 amide bonds. The van der Waals surface area contributed by atoms with Crippen molar-refractivity contribution in [2.45, 2.75) is 40.7 Å². The molecule has 1 atom stereocenters. The number of carbonyl (C=O) groups excluding carboxylic acids is 1. The van der Waals surface area contributed by atoms with Crippen LogP contribution in [0.15, 0.2) is 42.5 Å². The molecule has 0 saturated carbocycles. The summed E-state index contributed by atoms with van der Waals surface area (Å²) in [5.74, 6) is 0.0207. The smallest absolute Gasteiger partial charge is 0.338 e. The number of ether oxygens (including phenoxy) is 1. The third-order valence-corrected chi connectivity index (χ3v) is 4.57. The zero-order valence-corrected chi connectivity index (χ0v) is 17.4. The molecule has 0 aromatic heterocycles. The molecule has 0 saturated heterocycles. The lowest BCUT2D eigenvalue weighted by Crippen LogP contribution is -2.35. The van der Waals surface area contributed by atoms with Gasteiger partial charge in [-0.25, -0.2) is 4.79 Å². The first-order chi connectivity index (χ1) is 12.8. The highest BCUT2D eigenvalue weighted by atomic mass is 32.1. The summed E-state index contributed by atoms with van der Waals surface area (Å²) in [5.41, 5.74) is 4.98. The molecule has 0 bridgehead atoms. The number of aryl methyl sites for hydroxylation is 2. The van der Waals surface area contributed by atoms with Crippen LogP contribution in [-0.4, -0.2) is 17.7 Å². The fourth-order valence-electron chi connectivity index (χ4n) is 3.02. The molecular weight excluding hydrogens is 356 g/mol. The lowest BCUT2D eigenvalue weighted by molar-refractivity contribution is 0.0526. The van der Waals surface area contributed by atoms with Crippen molar-refractivity contribution in [3.8, 4) is 0 Å². The number of hydrogen-bond donors (Lipinski definition) is 2. The fourth-order valence-corrected chi connectivity index (χ4v) is 3.27. The van der Waals surface area contributed by atoms with E-state index in [0.29, 0.717) is 23.2 Å². The molecule has 0 aliphatic heterocycles. The molecule has 2 rings (SSSR count). The Morgan fingerprint density at radius 2 is 1.89 bits per heavy atom. The van der Waals surface area contributed by atoms with Crippen molar-refractivity contribution in [2.75, 3.05) is 11.9 Å². The van der Waals surface area contributed by atoms with E-state index in [-0.39, 0.29) is 12.0 Å². The normalized spacial score (nSPS) is 11.8. The molecule has 0 aliphatic rings. The molecule has 0 radical (unpaired) electrons. The van der Waals surface area contributed by atoms with E-state index in [1.54, 1.807) is 25.1 Å². The van der Waals surface area contributed by atoms with E-state index in [2.05, 4.69) is 56.5 Å². The van der Waals surface area contributed by atoms with Gasteiger partial charge in [-0.1, -0.05) is 43.7 Å². The van der Waals surface area contributed by atoms with Gasteiger partial charge in [-0.3, -0.25) is 0 Å². The van der Waals surface area contributed by atoms with E-state index in [0.717, 1.165) is 5.69 Å². The van der Waals surface area contributed by atoms with Gasteiger partial charge in [0.25, 0.3) is 0 Å². The minimum absolute atomic E-state index is 0.0961. The van der Waals surface area contributed by atoms with Crippen molar-refractivity contribution in [3.63, 3.8) is 0 Å². The summed E-state index contributed by atoms with van der Waals surface area (Å²) in [6.45, 7) is 10.7. The largest absolute Gasteiger partial charge is 0.462 e. The number of hydrogen-bond acceptors (Lipinski definition) is 3. The maximum atomic E-state index is 11.9. The average Bonchev–Trinajstić information content (AvgIpc) is 2.60. The predicted octanol–water partition coefficient (Wildman–Crippen LogP) is 5.16. The number of esters is 1. The maximum absolute atomic E-state index is 11.9. The Morgan fingerprint density at radius 1 is 1.15 bits per heavy atom. The van der Waals surface area contributed by atoms with E-state index in [1.165, 1.54) is 16.7 Å². The van der Waals surface area contributed by atoms with Gasteiger partial charge in [0.05, 0.1) is 18.2 Å². The van der Waals surface area contributed by atoms with Gasteiger partial charge in [0.2, 0.25) is 0 Å². The van der Waals surface area contributed by atoms with Gasteiger partial charge in [-0.05, 0) is 68.2 Å². The Kier molecular flexibility index (Phi) is 7.36. The molecule has 2 aromatic carbocycles. The summed E-state index contributed by atoms with van der Waals surface area (Å²) in [7, 11) is 0. The highest BCUT2D eigenvalue weighted by molar-refractivity contribution is 7.80. The molecule has 0 heterocycles. The summed E-state index contributed by atoms with van der Waals surface area (Å²) >= 11 is 5.52. The quantitative estimate of drug-likeness (QED) is 0.532. The molecule has 2 N–H and O–H groups in total. The molecule has 5 heteroatoms. The third-order valence-electron chi connectivity index (χ3n) is 4.35. The van der Waals surface area contributed by atoms with Gasteiger partial charge >= 0.3 is 5.97 Å². The van der Waals surface area contributed by atoms with Crippen LogP contribution in [0.3, 0.4) is 0 Å². The van der Waals surface area contributed by atoms with Crippen molar-refractivity contribution in [3.05, 3.63) is 64.7 Å². The minimum Gasteiger partial charge on any atom is -0.462 e. The molecule has 2 aromatic rings. The Balaban J connectivity index is 2.13. The Hall–Kier alpha value is -2.40. The van der Waals surface area contributed by atoms with Crippen LogP contribution in [0.2, 0.25) is 0 Å². The highest BCUT2D eigenvalue weighted by Gasteiger charge is 2.19. The summed E-state index contributed by atoms with van der Waals surface area (Å²) in [4.78, 5) is 11.9. The Morgan fingerprint density at radius 3 is 2.52 bits per heavy atom. The second kappa shape index (κ2) is 9.51. The first kappa shape index (κ1) is 20.9. The van der Waals surface area contributed by atoms with Gasteiger partial charge in [0, 0.05) is 5.69 Å². The van der Waals surface area contributed by atoms with Gasteiger partial charge in [-0.2, -0.15) is 0 Å². The van der Waals surface area contributed by atoms with Crippen molar-refractivity contribution < 1.29 is 9.53 Å². The third kappa shape index (κ3) is 5.79. The van der Waals surface area contributed by atoms with Crippen LogP contribution in [-0.2, 0) is 4.74 Å². The lowest BCUT2D eigenvalue weighted by atomic mass is 9.92. The number of rotatable bonds is 6. The zero-order valence-electron chi connectivity index (χ0n) is 16.6. The van der Waals surface area contributed by atoms with E-state index in [9.17, 15) is 4.79 Å². The van der Waals surface area contributed by atoms with Crippen LogP contribution in [0.1, 0.15) is 53.9 Å². The van der Waals surface area contributed by atoms with Crippen LogP contribution in [0.4, 0.5) is 5.69 Å². The van der Waals surface area contributed by atoms with E-state index < -0.39 is 0 Å². The summed E-state index contributed by atoms with van der Waals surface area (Å²) in [6, 6.07) is 13.7. The second-order valence-electron chi connectivity index (χ2n) is 6.98. The topological polar surface area (TPSA) is 50.4 Å². The SMILES string of the molecule is CCOC(=O)c1cccc(NC(=S)N[C@H](c2ccc(C)cc2C)C(C)C)c1. The van der Waals surface area contributed by atoms with Crippen molar-refractivity contribution in [1.82, 2.24) is 5.32 Å². The maximum Gasteiger partial charge on any atom is 0.338 e. The lowest BCUT2D eigenvalue weighted by Gasteiger charge is -2.26. The summed E-state index contributed by atoms with van der Waals surface area (Å²) < 4.78 is 5.05. The Labute approximate surface area is 167 Å². The van der Waals surface area contributed by atoms with Crippen LogP contribution < -0.4 is 10.6 Å². The van der Waals surface area contributed by atoms with Gasteiger partial charge < -0.3 is 15.4 Å². The molecule has 4 nitrogen and oxygen atoms in total. The Bertz CT molecular complexity index is 818. The summed E-state index contributed by atoms with van der Waals surface area (Å²) in [5, 5.41) is 7.12. The van der Waals surface area contributed by atoms with E-state index >= 15 is 0 Å². The first-order valence-electron chi connectivity index (χ1n) is 9.23. The predicted molar refractivity (Wildman–Crippen MR) is 115 cm³/mol. The van der Waals surface area contributed by atoms with Crippen LogP contribution >= 0.6 is 12.2 Å². The zero-order chi connectivity index (χ0) is 20.0. The molecule has 144 valence electrons.